The third-order valence-electron chi connectivity index (χ3n) is 6.23. The number of aliphatic hydroxyl groups is 1. The molecule has 1 aliphatic heterocycles. The molecule has 9 nitrogen and oxygen atoms in total. The van der Waals surface area contributed by atoms with Gasteiger partial charge in [0.25, 0.3) is 11.5 Å². The smallest absolute Gasteiger partial charge is 0.301 e. The Morgan fingerprint density at radius 3 is 2.57 bits per heavy atom. The summed E-state index contributed by atoms with van der Waals surface area (Å²) >= 11 is 1.05. The highest BCUT2D eigenvalue weighted by molar-refractivity contribution is 7.22. The van der Waals surface area contributed by atoms with Crippen LogP contribution in [0.5, 0.6) is 0 Å². The number of aliphatic hydroxyl groups excluding tert-OH is 1. The van der Waals surface area contributed by atoms with Crippen LogP contribution >= 0.6 is 11.3 Å². The van der Waals surface area contributed by atoms with Crippen LogP contribution in [-0.2, 0) is 9.59 Å². The number of Topliss-reactive ketones (excluding diaryl/α,β-unsaturated/α-hetero) is 1. The molecule has 5 aromatic rings. The van der Waals surface area contributed by atoms with Gasteiger partial charge in [0.05, 0.1) is 26.4 Å². The predicted molar refractivity (Wildman–Crippen MR) is 139 cm³/mol. The maximum atomic E-state index is 13.4. The maximum Gasteiger partial charge on any atom is 0.301 e. The molecule has 1 aliphatic rings. The van der Waals surface area contributed by atoms with E-state index < -0.39 is 22.7 Å². The molecule has 2 aromatic heterocycles. The highest BCUT2D eigenvalue weighted by Gasteiger charge is 2.49. The number of non-ortho nitro benzene ring substituents is 1. The average molecular weight is 509 g/mol. The number of rotatable bonds is 4. The fourth-order valence-electron chi connectivity index (χ4n) is 4.54. The molecule has 1 N–H and O–H groups in total. The number of nitro benzene ring substituents is 1. The Kier molecular flexibility index (Phi) is 5.24. The second-order valence-corrected chi connectivity index (χ2v) is 9.37. The van der Waals surface area contributed by atoms with Gasteiger partial charge in [0, 0.05) is 23.9 Å². The van der Waals surface area contributed by atoms with Crippen molar-refractivity contribution < 1.29 is 19.6 Å². The van der Waals surface area contributed by atoms with Crippen molar-refractivity contribution in [2.45, 2.75) is 6.04 Å². The fourth-order valence-corrected chi connectivity index (χ4v) is 5.57. The quantitative estimate of drug-likeness (QED) is 0.114. The number of benzene rings is 3. The first kappa shape index (κ1) is 22.5. The first-order chi connectivity index (χ1) is 17.9. The molecule has 3 aromatic carbocycles. The topological polar surface area (TPSA) is 127 Å². The van der Waals surface area contributed by atoms with E-state index >= 15 is 0 Å². The summed E-state index contributed by atoms with van der Waals surface area (Å²) in [5, 5.41) is 24.5. The second kappa shape index (κ2) is 8.61. The number of hydrogen-bond donors (Lipinski definition) is 1. The molecule has 0 radical (unpaired) electrons. The van der Waals surface area contributed by atoms with E-state index in [9.17, 15) is 24.8 Å². The Morgan fingerprint density at radius 2 is 1.78 bits per heavy atom. The number of thiazole rings is 1. The van der Waals surface area contributed by atoms with E-state index in [1.54, 1.807) is 30.3 Å². The predicted octanol–water partition coefficient (Wildman–Crippen LogP) is 5.38. The van der Waals surface area contributed by atoms with Gasteiger partial charge < -0.3 is 5.11 Å². The number of nitro groups is 1. The normalized spacial score (nSPS) is 17.1. The highest BCUT2D eigenvalue weighted by atomic mass is 32.1. The third-order valence-corrected chi connectivity index (χ3v) is 7.25. The van der Waals surface area contributed by atoms with Gasteiger partial charge in [0.1, 0.15) is 11.8 Å². The zero-order valence-electron chi connectivity index (χ0n) is 18.9. The van der Waals surface area contributed by atoms with Crippen molar-refractivity contribution >= 4 is 60.6 Å². The third kappa shape index (κ3) is 3.62. The maximum absolute atomic E-state index is 13.4. The summed E-state index contributed by atoms with van der Waals surface area (Å²) in [6, 6.07) is 21.0. The zero-order valence-corrected chi connectivity index (χ0v) is 19.8. The van der Waals surface area contributed by atoms with Crippen molar-refractivity contribution in [3.8, 4) is 0 Å². The Bertz CT molecular complexity index is 1770. The van der Waals surface area contributed by atoms with Gasteiger partial charge in [0.15, 0.2) is 5.13 Å². The minimum absolute atomic E-state index is 0.106. The number of fused-ring (bicyclic) bond motifs is 2. The second-order valence-electron chi connectivity index (χ2n) is 8.36. The van der Waals surface area contributed by atoms with Crippen LogP contribution in [0.4, 0.5) is 10.8 Å². The van der Waals surface area contributed by atoms with E-state index in [-0.39, 0.29) is 22.2 Å². The van der Waals surface area contributed by atoms with Crippen LogP contribution in [0, 0.1) is 10.1 Å². The summed E-state index contributed by atoms with van der Waals surface area (Å²) in [7, 11) is 0. The van der Waals surface area contributed by atoms with Gasteiger partial charge in [-0.3, -0.25) is 29.6 Å². The number of anilines is 1. The van der Waals surface area contributed by atoms with Crippen LogP contribution in [0.25, 0.3) is 26.7 Å². The number of ketones is 1. The fraction of sp³-hybridized carbons (Fsp3) is 0.0370. The standard InChI is InChI=1S/C27H16N4O5S/c32-24(18-9-5-7-15-6-1-2-8-17(15)18)22-23(20-10-3-4-13-28-20)30(26(34)25(22)33)27-29-19-12-11-16(31(35)36)14-21(19)37-27/h1-14,23,32H/b24-22+. The minimum atomic E-state index is -1.05. The van der Waals surface area contributed by atoms with E-state index in [2.05, 4.69) is 9.97 Å². The van der Waals surface area contributed by atoms with Crippen molar-refractivity contribution in [2.24, 2.45) is 0 Å². The molecule has 6 rings (SSSR count). The molecule has 3 heterocycles. The molecule has 37 heavy (non-hydrogen) atoms. The SMILES string of the molecule is O=C1C(=O)N(c2nc3ccc([N+](=O)[O-])cc3s2)C(c2ccccn2)/C1=C(\O)c1cccc2ccccc12. The van der Waals surface area contributed by atoms with Gasteiger partial charge in [-0.05, 0) is 29.0 Å². The molecule has 0 spiro atoms. The first-order valence-corrected chi connectivity index (χ1v) is 12.0. The van der Waals surface area contributed by atoms with Gasteiger partial charge in [-0.25, -0.2) is 4.98 Å². The molecule has 0 bridgehead atoms. The summed E-state index contributed by atoms with van der Waals surface area (Å²) in [6.45, 7) is 0. The van der Waals surface area contributed by atoms with E-state index in [4.69, 9.17) is 0 Å². The zero-order chi connectivity index (χ0) is 25.7. The molecule has 1 unspecified atom stereocenters. The Morgan fingerprint density at radius 1 is 1.00 bits per heavy atom. The lowest BCUT2D eigenvalue weighted by atomic mass is 9.95. The molecular weight excluding hydrogens is 492 g/mol. The van der Waals surface area contributed by atoms with E-state index in [1.165, 1.54) is 29.3 Å². The van der Waals surface area contributed by atoms with Gasteiger partial charge in [-0.15, -0.1) is 0 Å². The average Bonchev–Trinajstić information content (AvgIpc) is 3.46. The first-order valence-electron chi connectivity index (χ1n) is 11.2. The number of carbonyl (C=O) groups is 2. The molecular formula is C27H16N4O5S. The largest absolute Gasteiger partial charge is 0.507 e. The number of pyridine rings is 1. The Hall–Kier alpha value is -4.96. The Balaban J connectivity index is 1.58. The van der Waals surface area contributed by atoms with Crippen LogP contribution in [0.2, 0.25) is 0 Å². The van der Waals surface area contributed by atoms with Crippen LogP contribution in [0.3, 0.4) is 0 Å². The highest BCUT2D eigenvalue weighted by Crippen LogP contribution is 2.44. The number of amides is 1. The Labute approximate surface area is 213 Å². The molecule has 180 valence electrons. The lowest BCUT2D eigenvalue weighted by Crippen LogP contribution is -2.29. The monoisotopic (exact) mass is 508 g/mol. The molecule has 1 amide bonds. The van der Waals surface area contributed by atoms with Gasteiger partial charge in [-0.2, -0.15) is 0 Å². The van der Waals surface area contributed by atoms with Crippen molar-refractivity contribution in [3.63, 3.8) is 0 Å². The molecule has 0 saturated carbocycles. The van der Waals surface area contributed by atoms with E-state index in [0.29, 0.717) is 21.5 Å². The molecule has 0 aliphatic carbocycles. The van der Waals surface area contributed by atoms with E-state index in [0.717, 1.165) is 22.1 Å². The minimum Gasteiger partial charge on any atom is -0.507 e. The number of hydrogen-bond acceptors (Lipinski definition) is 8. The summed E-state index contributed by atoms with van der Waals surface area (Å²) in [5.41, 5.74) is 1.01. The van der Waals surface area contributed by atoms with E-state index in [1.807, 2.05) is 30.3 Å². The summed E-state index contributed by atoms with van der Waals surface area (Å²) in [5.74, 6) is -2.05. The van der Waals surface area contributed by atoms with Crippen LogP contribution in [0.15, 0.2) is 90.6 Å². The van der Waals surface area contributed by atoms with Crippen LogP contribution in [0.1, 0.15) is 17.3 Å². The number of carbonyl (C=O) groups excluding carboxylic acids is 2. The van der Waals surface area contributed by atoms with Gasteiger partial charge >= 0.3 is 5.91 Å². The molecule has 1 saturated heterocycles. The number of aromatic nitrogens is 2. The van der Waals surface area contributed by atoms with Crippen molar-refractivity contribution in [1.82, 2.24) is 9.97 Å². The molecule has 1 fully saturated rings. The summed E-state index contributed by atoms with van der Waals surface area (Å²) < 4.78 is 0.486. The van der Waals surface area contributed by atoms with Crippen molar-refractivity contribution in [2.75, 3.05) is 4.90 Å². The van der Waals surface area contributed by atoms with Crippen LogP contribution in [-0.4, -0.2) is 31.7 Å². The van der Waals surface area contributed by atoms with Gasteiger partial charge in [0.2, 0.25) is 0 Å². The lowest BCUT2D eigenvalue weighted by Gasteiger charge is -2.22. The molecule has 10 heteroatoms. The van der Waals surface area contributed by atoms with Crippen molar-refractivity contribution in [1.29, 1.82) is 0 Å². The number of nitrogens with zero attached hydrogens (tertiary/aromatic N) is 4. The lowest BCUT2D eigenvalue weighted by molar-refractivity contribution is -0.384. The molecule has 1 atom stereocenters. The van der Waals surface area contributed by atoms with Crippen molar-refractivity contribution in [3.05, 3.63) is 112 Å². The summed E-state index contributed by atoms with van der Waals surface area (Å²) in [4.78, 5) is 47.6. The van der Waals surface area contributed by atoms with Gasteiger partial charge in [-0.1, -0.05) is 59.9 Å². The van der Waals surface area contributed by atoms with Crippen LogP contribution < -0.4 is 4.90 Å². The summed E-state index contributed by atoms with van der Waals surface area (Å²) in [6.07, 6.45) is 1.54.